The molecule has 27 heavy (non-hydrogen) atoms. The van der Waals surface area contributed by atoms with Gasteiger partial charge in [0, 0.05) is 30.2 Å². The minimum atomic E-state index is -0.238. The van der Waals surface area contributed by atoms with Crippen molar-refractivity contribution in [2.24, 2.45) is 4.99 Å². The summed E-state index contributed by atoms with van der Waals surface area (Å²) >= 11 is 6.15. The van der Waals surface area contributed by atoms with Crippen LogP contribution in [0.15, 0.2) is 53.5 Å². The lowest BCUT2D eigenvalue weighted by Gasteiger charge is -2.39. The van der Waals surface area contributed by atoms with E-state index in [2.05, 4.69) is 10.3 Å². The van der Waals surface area contributed by atoms with Crippen LogP contribution in [0.4, 0.5) is 10.5 Å². The van der Waals surface area contributed by atoms with Crippen LogP contribution in [0.2, 0.25) is 5.02 Å². The quantitative estimate of drug-likeness (QED) is 0.883. The molecule has 138 valence electrons. The Bertz CT molecular complexity index is 913. The van der Waals surface area contributed by atoms with Gasteiger partial charge in [-0.25, -0.2) is 4.79 Å². The first-order valence-corrected chi connectivity index (χ1v) is 9.25. The van der Waals surface area contributed by atoms with Crippen LogP contribution < -0.4 is 10.2 Å². The monoisotopic (exact) mass is 382 g/mol. The molecule has 2 heterocycles. The SMILES string of the molecule is O=C(CN1C(=O)N2CCCN=C2c2ccc(Cl)cc21)NCc1ccccc1. The Morgan fingerprint density at radius 2 is 2.00 bits per heavy atom. The summed E-state index contributed by atoms with van der Waals surface area (Å²) in [7, 11) is 0. The van der Waals surface area contributed by atoms with E-state index in [1.54, 1.807) is 17.0 Å². The maximum absolute atomic E-state index is 13.0. The first kappa shape index (κ1) is 17.5. The van der Waals surface area contributed by atoms with Crippen molar-refractivity contribution in [1.29, 1.82) is 0 Å². The highest BCUT2D eigenvalue weighted by Crippen LogP contribution is 2.32. The lowest BCUT2D eigenvalue weighted by Crippen LogP contribution is -2.55. The molecule has 0 atom stereocenters. The van der Waals surface area contributed by atoms with Crippen LogP contribution >= 0.6 is 11.6 Å². The van der Waals surface area contributed by atoms with E-state index in [4.69, 9.17) is 11.6 Å². The second-order valence-electron chi connectivity index (χ2n) is 6.50. The zero-order chi connectivity index (χ0) is 18.8. The number of urea groups is 1. The number of benzene rings is 2. The molecular formula is C20H19ClN4O2. The van der Waals surface area contributed by atoms with Gasteiger partial charge in [0.15, 0.2) is 0 Å². The highest BCUT2D eigenvalue weighted by molar-refractivity contribution is 6.31. The molecule has 0 bridgehead atoms. The highest BCUT2D eigenvalue weighted by atomic mass is 35.5. The van der Waals surface area contributed by atoms with Crippen molar-refractivity contribution in [2.75, 3.05) is 24.5 Å². The van der Waals surface area contributed by atoms with Crippen molar-refractivity contribution in [3.05, 3.63) is 64.7 Å². The molecule has 6 nitrogen and oxygen atoms in total. The molecule has 2 aliphatic heterocycles. The van der Waals surface area contributed by atoms with Crippen molar-refractivity contribution in [3.63, 3.8) is 0 Å². The van der Waals surface area contributed by atoms with Gasteiger partial charge < -0.3 is 5.32 Å². The van der Waals surface area contributed by atoms with Crippen LogP contribution in [0, 0.1) is 0 Å². The van der Waals surface area contributed by atoms with Crippen LogP contribution in [-0.2, 0) is 11.3 Å². The Kier molecular flexibility index (Phi) is 4.81. The topological polar surface area (TPSA) is 65.0 Å². The second-order valence-corrected chi connectivity index (χ2v) is 6.94. The van der Waals surface area contributed by atoms with Gasteiger partial charge in [0.2, 0.25) is 5.91 Å². The van der Waals surface area contributed by atoms with Gasteiger partial charge in [-0.15, -0.1) is 0 Å². The first-order valence-electron chi connectivity index (χ1n) is 8.87. The molecule has 0 spiro atoms. The van der Waals surface area contributed by atoms with Gasteiger partial charge in [0.05, 0.1) is 5.69 Å². The fraction of sp³-hybridized carbons (Fsp3) is 0.250. The third-order valence-electron chi connectivity index (χ3n) is 4.64. The summed E-state index contributed by atoms with van der Waals surface area (Å²) in [5.41, 5.74) is 2.46. The molecule has 0 saturated heterocycles. The predicted octanol–water partition coefficient (Wildman–Crippen LogP) is 3.05. The smallest absolute Gasteiger partial charge is 0.330 e. The lowest BCUT2D eigenvalue weighted by molar-refractivity contribution is -0.119. The number of aliphatic imine (C=N–C) groups is 1. The molecule has 2 aliphatic rings. The summed E-state index contributed by atoms with van der Waals surface area (Å²) < 4.78 is 0. The summed E-state index contributed by atoms with van der Waals surface area (Å²) in [5, 5.41) is 3.38. The Balaban J connectivity index is 1.57. The number of nitrogens with zero attached hydrogens (tertiary/aromatic N) is 3. The second kappa shape index (κ2) is 7.40. The number of anilines is 1. The van der Waals surface area contributed by atoms with Crippen LogP contribution in [0.1, 0.15) is 17.5 Å². The zero-order valence-electron chi connectivity index (χ0n) is 14.7. The third kappa shape index (κ3) is 3.53. The number of carbonyl (C=O) groups is 2. The third-order valence-corrected chi connectivity index (χ3v) is 4.88. The number of amides is 3. The molecular weight excluding hydrogens is 364 g/mol. The summed E-state index contributed by atoms with van der Waals surface area (Å²) in [6.45, 7) is 1.64. The van der Waals surface area contributed by atoms with E-state index in [1.807, 2.05) is 36.4 Å². The molecule has 2 aromatic carbocycles. The predicted molar refractivity (Wildman–Crippen MR) is 105 cm³/mol. The fourth-order valence-corrected chi connectivity index (χ4v) is 3.50. The van der Waals surface area contributed by atoms with Gasteiger partial charge in [-0.3, -0.25) is 19.6 Å². The summed E-state index contributed by atoms with van der Waals surface area (Å²) in [6, 6.07) is 14.8. The Morgan fingerprint density at radius 1 is 1.19 bits per heavy atom. The molecule has 7 heteroatoms. The van der Waals surface area contributed by atoms with E-state index in [-0.39, 0.29) is 18.5 Å². The lowest BCUT2D eigenvalue weighted by atomic mass is 10.1. The number of carbonyl (C=O) groups excluding carboxylic acids is 2. The van der Waals surface area contributed by atoms with Gasteiger partial charge >= 0.3 is 6.03 Å². The van der Waals surface area contributed by atoms with Gasteiger partial charge in [0.1, 0.15) is 12.4 Å². The van der Waals surface area contributed by atoms with Crippen LogP contribution in [0.3, 0.4) is 0 Å². The molecule has 0 saturated carbocycles. The number of halogens is 1. The summed E-state index contributed by atoms with van der Waals surface area (Å²) in [5.74, 6) is 0.439. The Morgan fingerprint density at radius 3 is 2.81 bits per heavy atom. The highest BCUT2D eigenvalue weighted by Gasteiger charge is 2.37. The van der Waals surface area contributed by atoms with Gasteiger partial charge in [-0.1, -0.05) is 41.9 Å². The molecule has 3 amide bonds. The van der Waals surface area contributed by atoms with Gasteiger partial charge in [-0.2, -0.15) is 0 Å². The molecule has 0 aromatic heterocycles. The number of hydrogen-bond donors (Lipinski definition) is 1. The number of fused-ring (bicyclic) bond motifs is 3. The standard InChI is InChI=1S/C20H19ClN4O2/c21-15-7-8-16-17(11-15)25(20(27)24-10-4-9-22-19(16)24)13-18(26)23-12-14-5-2-1-3-6-14/h1-3,5-8,11H,4,9-10,12-13H2,(H,23,26). The van der Waals surface area contributed by atoms with E-state index >= 15 is 0 Å². The minimum absolute atomic E-state index is 0.0667. The molecule has 1 N–H and O–H groups in total. The first-order chi connectivity index (χ1) is 13.1. The van der Waals surface area contributed by atoms with Gasteiger partial charge in [-0.05, 0) is 30.2 Å². The number of hydrogen-bond acceptors (Lipinski definition) is 3. The van der Waals surface area contributed by atoms with Crippen molar-refractivity contribution >= 4 is 35.1 Å². The van der Waals surface area contributed by atoms with E-state index in [1.165, 1.54) is 4.90 Å². The van der Waals surface area contributed by atoms with Crippen molar-refractivity contribution < 1.29 is 9.59 Å². The molecule has 4 rings (SSSR count). The van der Waals surface area contributed by atoms with Crippen LogP contribution in [-0.4, -0.2) is 42.3 Å². The summed E-state index contributed by atoms with van der Waals surface area (Å²) in [6.07, 6.45) is 0.812. The van der Waals surface area contributed by atoms with E-state index in [9.17, 15) is 9.59 Å². The average Bonchev–Trinajstić information content (AvgIpc) is 2.70. The van der Waals surface area contributed by atoms with Crippen molar-refractivity contribution in [3.8, 4) is 0 Å². The van der Waals surface area contributed by atoms with Crippen LogP contribution in [0.5, 0.6) is 0 Å². The zero-order valence-corrected chi connectivity index (χ0v) is 15.4. The average molecular weight is 383 g/mol. The fourth-order valence-electron chi connectivity index (χ4n) is 3.34. The normalized spacial score (nSPS) is 15.7. The van der Waals surface area contributed by atoms with E-state index < -0.39 is 0 Å². The molecule has 0 unspecified atom stereocenters. The van der Waals surface area contributed by atoms with Crippen molar-refractivity contribution in [1.82, 2.24) is 10.2 Å². The van der Waals surface area contributed by atoms with Crippen LogP contribution in [0.25, 0.3) is 0 Å². The number of amidine groups is 1. The molecule has 0 radical (unpaired) electrons. The largest absolute Gasteiger partial charge is 0.350 e. The molecule has 2 aromatic rings. The number of rotatable bonds is 4. The van der Waals surface area contributed by atoms with E-state index in [0.29, 0.717) is 36.2 Å². The molecule has 0 aliphatic carbocycles. The van der Waals surface area contributed by atoms with Crippen molar-refractivity contribution in [2.45, 2.75) is 13.0 Å². The number of nitrogens with one attached hydrogen (secondary N) is 1. The Hall–Kier alpha value is -2.86. The minimum Gasteiger partial charge on any atom is -0.350 e. The maximum atomic E-state index is 13.0. The Labute approximate surface area is 162 Å². The maximum Gasteiger partial charge on any atom is 0.330 e. The van der Waals surface area contributed by atoms with Gasteiger partial charge in [0.25, 0.3) is 0 Å². The molecule has 0 fully saturated rings. The van der Waals surface area contributed by atoms with E-state index in [0.717, 1.165) is 17.5 Å². The summed E-state index contributed by atoms with van der Waals surface area (Å²) in [4.78, 5) is 33.1.